The Morgan fingerprint density at radius 3 is 1.48 bits per heavy atom. The lowest BCUT2D eigenvalue weighted by Gasteiger charge is -2.18. The fourth-order valence-corrected chi connectivity index (χ4v) is 7.59. The van der Waals surface area contributed by atoms with Gasteiger partial charge in [-0.1, -0.05) is 187 Å². The third-order valence-corrected chi connectivity index (χ3v) is 10.5. The Balaban J connectivity index is 0.00000138. The number of unbranched alkanes of at least 4 members (excludes halogenated alkanes) is 5. The summed E-state index contributed by atoms with van der Waals surface area (Å²) in [5.74, 6) is 1.85. The van der Waals surface area contributed by atoms with Gasteiger partial charge >= 0.3 is 0 Å². The van der Waals surface area contributed by atoms with E-state index in [9.17, 15) is 0 Å². The Hall–Kier alpha value is -6.00. The number of aryl methyl sites for hydroxylation is 2. The highest BCUT2D eigenvalue weighted by Crippen LogP contribution is 2.44. The van der Waals surface area contributed by atoms with Crippen LogP contribution < -0.4 is 4.74 Å². The molecule has 0 bridgehead atoms. The van der Waals surface area contributed by atoms with E-state index in [0.717, 1.165) is 46.6 Å². The topological polar surface area (TPSA) is 48.2 Å². The van der Waals surface area contributed by atoms with Crippen molar-refractivity contribution in [2.24, 2.45) is 0 Å². The van der Waals surface area contributed by atoms with Crippen molar-refractivity contribution in [3.63, 3.8) is 0 Å². The zero-order chi connectivity index (χ0) is 40.9. The number of aromatic nitrogens is 2. The number of rotatable bonds is 13. The molecule has 1 heterocycles. The smallest absolute Gasteiger partial charge is 0.248 e. The molecular weight excluding hydrogens is 709 g/mol. The monoisotopic (exact) mass is 766 g/mol. The second-order valence-corrected chi connectivity index (χ2v) is 14.4. The van der Waals surface area contributed by atoms with Crippen LogP contribution in [0.25, 0.3) is 77.8 Å². The van der Waals surface area contributed by atoms with Crippen molar-refractivity contribution in [2.45, 2.75) is 87.0 Å². The van der Waals surface area contributed by atoms with Crippen LogP contribution >= 0.6 is 0 Å². The molecule has 296 valence electrons. The first-order valence-electron chi connectivity index (χ1n) is 21.4. The lowest BCUT2D eigenvalue weighted by Crippen LogP contribution is -1.97. The van der Waals surface area contributed by atoms with Crippen molar-refractivity contribution in [1.82, 2.24) is 10.2 Å². The molecule has 7 aromatic carbocycles. The minimum Gasteiger partial charge on any atom is -0.494 e. The highest BCUT2D eigenvalue weighted by Gasteiger charge is 2.19. The number of nitrogens with zero attached hydrogens (tertiary/aromatic N) is 2. The van der Waals surface area contributed by atoms with Crippen LogP contribution in [0, 0.1) is 13.8 Å². The number of fused-ring (bicyclic) bond motifs is 2. The van der Waals surface area contributed by atoms with Gasteiger partial charge in [0.15, 0.2) is 0 Å². The first kappa shape index (κ1) is 41.6. The largest absolute Gasteiger partial charge is 0.494 e. The summed E-state index contributed by atoms with van der Waals surface area (Å²) in [6.45, 7) is 15.2. The van der Waals surface area contributed by atoms with Crippen LogP contribution in [0.1, 0.15) is 84.3 Å². The highest BCUT2D eigenvalue weighted by molar-refractivity contribution is 6.21. The van der Waals surface area contributed by atoms with Crippen LogP contribution in [0.2, 0.25) is 0 Å². The fraction of sp³-hybridized carbons (Fsp3) is 0.259. The molecule has 0 aliphatic rings. The van der Waals surface area contributed by atoms with Gasteiger partial charge in [0.05, 0.1) is 6.61 Å². The molecule has 0 spiro atoms. The average Bonchev–Trinajstić information content (AvgIpc) is 3.78. The quantitative estimate of drug-likeness (QED) is 0.0866. The number of benzene rings is 7. The van der Waals surface area contributed by atoms with Crippen LogP contribution in [0.3, 0.4) is 0 Å². The van der Waals surface area contributed by atoms with Crippen LogP contribution in [-0.2, 0) is 0 Å². The molecule has 1 aromatic heterocycles. The summed E-state index contributed by atoms with van der Waals surface area (Å²) in [7, 11) is 0. The molecule has 0 radical (unpaired) electrons. The summed E-state index contributed by atoms with van der Waals surface area (Å²) in [6.07, 6.45) is 7.47. The Kier molecular flexibility index (Phi) is 14.7. The Morgan fingerprint density at radius 2 is 0.914 bits per heavy atom. The van der Waals surface area contributed by atoms with Crippen molar-refractivity contribution in [3.8, 4) is 62.0 Å². The van der Waals surface area contributed by atoms with Crippen molar-refractivity contribution in [1.29, 1.82) is 0 Å². The van der Waals surface area contributed by atoms with Crippen molar-refractivity contribution in [3.05, 3.63) is 151 Å². The van der Waals surface area contributed by atoms with E-state index in [-0.39, 0.29) is 0 Å². The third-order valence-electron chi connectivity index (χ3n) is 10.5. The summed E-state index contributed by atoms with van der Waals surface area (Å²) in [6, 6.07) is 49.8. The van der Waals surface area contributed by atoms with Gasteiger partial charge in [0.2, 0.25) is 11.8 Å². The predicted octanol–water partition coefficient (Wildman–Crippen LogP) is 16.1. The first-order valence-corrected chi connectivity index (χ1v) is 21.4. The van der Waals surface area contributed by atoms with Crippen molar-refractivity contribution >= 4 is 21.5 Å². The van der Waals surface area contributed by atoms with E-state index in [1.165, 1.54) is 81.5 Å². The first-order chi connectivity index (χ1) is 28.6. The van der Waals surface area contributed by atoms with E-state index in [2.05, 4.69) is 146 Å². The summed E-state index contributed by atoms with van der Waals surface area (Å²) in [5, 5.41) is 14.0. The Labute approximate surface area is 346 Å². The molecule has 4 nitrogen and oxygen atoms in total. The molecule has 58 heavy (non-hydrogen) atoms. The molecule has 0 saturated carbocycles. The minimum absolute atomic E-state index is 0.489. The predicted molar refractivity (Wildman–Crippen MR) is 248 cm³/mol. The summed E-state index contributed by atoms with van der Waals surface area (Å²) < 4.78 is 12.3. The molecule has 0 fully saturated rings. The molecule has 0 unspecified atom stereocenters. The Morgan fingerprint density at radius 1 is 0.448 bits per heavy atom. The molecule has 0 aliphatic carbocycles. The van der Waals surface area contributed by atoms with Crippen LogP contribution in [0.15, 0.2) is 144 Å². The lowest BCUT2D eigenvalue weighted by atomic mass is 9.85. The van der Waals surface area contributed by atoms with E-state index in [1.54, 1.807) is 0 Å². The maximum absolute atomic E-state index is 6.34. The maximum atomic E-state index is 6.34. The van der Waals surface area contributed by atoms with Crippen LogP contribution in [0.4, 0.5) is 0 Å². The number of ether oxygens (including phenoxy) is 1. The summed E-state index contributed by atoms with van der Waals surface area (Å²) >= 11 is 0. The zero-order valence-corrected chi connectivity index (χ0v) is 35.4. The van der Waals surface area contributed by atoms with Crippen LogP contribution in [-0.4, -0.2) is 16.8 Å². The molecule has 0 saturated heterocycles. The second-order valence-electron chi connectivity index (χ2n) is 14.4. The lowest BCUT2D eigenvalue weighted by molar-refractivity contribution is 0.304. The van der Waals surface area contributed by atoms with Gasteiger partial charge in [-0.25, -0.2) is 0 Å². The third kappa shape index (κ3) is 9.40. The van der Waals surface area contributed by atoms with Crippen molar-refractivity contribution < 1.29 is 9.15 Å². The second kappa shape index (κ2) is 20.4. The summed E-state index contributed by atoms with van der Waals surface area (Å²) in [4.78, 5) is 0. The van der Waals surface area contributed by atoms with E-state index >= 15 is 0 Å². The minimum atomic E-state index is 0.489. The zero-order valence-electron chi connectivity index (χ0n) is 35.4. The average molecular weight is 767 g/mol. The van der Waals surface area contributed by atoms with E-state index in [4.69, 9.17) is 9.15 Å². The SMILES string of the molecule is CC.CC.CCCCCCCCOc1ccc(-c2nnc(-c3cc(C)ccc3-c3ccc(-c4c5ccccc5c(-c5ccc(C)cc5)c5ccccc45)cc3)o2)cc1. The molecule has 0 atom stereocenters. The van der Waals surface area contributed by atoms with Crippen LogP contribution in [0.5, 0.6) is 5.75 Å². The molecule has 0 aliphatic heterocycles. The number of hydrogen-bond acceptors (Lipinski definition) is 4. The molecular formula is C54H58N2O2. The summed E-state index contributed by atoms with van der Waals surface area (Å²) in [5.41, 5.74) is 11.2. The molecule has 8 aromatic rings. The van der Waals surface area contributed by atoms with Gasteiger partial charge in [-0.05, 0) is 106 Å². The Bertz CT molecular complexity index is 2460. The van der Waals surface area contributed by atoms with Crippen molar-refractivity contribution in [2.75, 3.05) is 6.61 Å². The van der Waals surface area contributed by atoms with Gasteiger partial charge in [0, 0.05) is 11.1 Å². The molecule has 8 rings (SSSR count). The van der Waals surface area contributed by atoms with E-state index in [1.807, 2.05) is 52.0 Å². The fourth-order valence-electron chi connectivity index (χ4n) is 7.59. The van der Waals surface area contributed by atoms with Gasteiger partial charge in [-0.15, -0.1) is 10.2 Å². The maximum Gasteiger partial charge on any atom is 0.248 e. The molecule has 0 amide bonds. The van der Waals surface area contributed by atoms with Gasteiger partial charge < -0.3 is 9.15 Å². The van der Waals surface area contributed by atoms with Gasteiger partial charge in [0.25, 0.3) is 0 Å². The molecule has 0 N–H and O–H groups in total. The number of hydrogen-bond donors (Lipinski definition) is 0. The van der Waals surface area contributed by atoms with Gasteiger partial charge in [-0.2, -0.15) is 0 Å². The normalized spacial score (nSPS) is 10.8. The van der Waals surface area contributed by atoms with E-state index in [0.29, 0.717) is 11.8 Å². The van der Waals surface area contributed by atoms with E-state index < -0.39 is 0 Å². The van der Waals surface area contributed by atoms with Gasteiger partial charge in [0.1, 0.15) is 5.75 Å². The standard InChI is InChI=1S/C50H46N2O2.2C2H6/c1-4-5-6-7-8-13-32-53-40-29-27-39(28-30-40)49-51-52-50(54-49)46-33-35(3)20-31-41(46)36-23-25-38(26-24-36)48-44-16-11-9-14-42(44)47(37-21-18-34(2)19-22-37)43-15-10-12-17-45(43)48;2*1-2/h9-12,14-31,33H,4-8,13,32H2,1-3H3;2*1-2H3. The van der Waals surface area contributed by atoms with Gasteiger partial charge in [-0.3, -0.25) is 0 Å². The molecule has 4 heteroatoms. The highest BCUT2D eigenvalue weighted by atomic mass is 16.5.